The number of anilines is 1. The summed E-state index contributed by atoms with van der Waals surface area (Å²) in [6.07, 6.45) is 1.73. The largest absolute Gasteiger partial charge is 0.497 e. The van der Waals surface area contributed by atoms with E-state index in [9.17, 15) is 18.0 Å². The molecule has 1 atom stereocenters. The number of carbonyl (C=O) groups excluding carboxylic acids is 2. The van der Waals surface area contributed by atoms with E-state index in [2.05, 4.69) is 5.32 Å². The molecule has 208 valence electrons. The van der Waals surface area contributed by atoms with Gasteiger partial charge in [0, 0.05) is 18.1 Å². The first-order valence-corrected chi connectivity index (χ1v) is 14.5. The number of nitrogens with one attached hydrogen (secondary N) is 1. The summed E-state index contributed by atoms with van der Waals surface area (Å²) in [5.41, 5.74) is 1.04. The first-order chi connectivity index (χ1) is 18.7. The summed E-state index contributed by atoms with van der Waals surface area (Å²) >= 11 is 6.20. The highest BCUT2D eigenvalue weighted by Crippen LogP contribution is 2.27. The average molecular weight is 572 g/mol. The Morgan fingerprint density at radius 2 is 1.69 bits per heavy atom. The molecule has 0 unspecified atom stereocenters. The Balaban J connectivity index is 1.99. The second-order valence-electron chi connectivity index (χ2n) is 8.99. The summed E-state index contributed by atoms with van der Waals surface area (Å²) in [6.45, 7) is 3.76. The number of hydrogen-bond donors (Lipinski definition) is 1. The molecule has 0 aliphatic heterocycles. The Labute approximate surface area is 235 Å². The number of carbonyl (C=O) groups is 2. The van der Waals surface area contributed by atoms with Crippen LogP contribution in [0.2, 0.25) is 5.02 Å². The molecule has 0 spiro atoms. The lowest BCUT2D eigenvalue weighted by Gasteiger charge is -2.32. The second kappa shape index (κ2) is 14.0. The molecule has 2 amide bonds. The van der Waals surface area contributed by atoms with Gasteiger partial charge in [0.1, 0.15) is 18.3 Å². The van der Waals surface area contributed by atoms with Gasteiger partial charge in [-0.2, -0.15) is 0 Å². The zero-order chi connectivity index (χ0) is 28.4. The Morgan fingerprint density at radius 1 is 1.00 bits per heavy atom. The SMILES string of the molecule is CCCCNC(=O)[C@@H](C)N(Cc1ccccc1)C(=O)CN(c1cccc(Cl)c1)S(=O)(=O)c1ccc(OC)cc1. The van der Waals surface area contributed by atoms with Crippen LogP contribution in [-0.4, -0.2) is 51.4 Å². The topological polar surface area (TPSA) is 96.0 Å². The third kappa shape index (κ3) is 7.97. The van der Waals surface area contributed by atoms with E-state index in [4.69, 9.17) is 16.3 Å². The van der Waals surface area contributed by atoms with Gasteiger partial charge >= 0.3 is 0 Å². The normalized spacial score (nSPS) is 11.9. The van der Waals surface area contributed by atoms with Crippen LogP contribution in [-0.2, 0) is 26.2 Å². The molecule has 39 heavy (non-hydrogen) atoms. The predicted molar refractivity (Wildman–Crippen MR) is 153 cm³/mol. The van der Waals surface area contributed by atoms with Crippen LogP contribution < -0.4 is 14.4 Å². The number of benzene rings is 3. The van der Waals surface area contributed by atoms with Crippen LogP contribution in [0.25, 0.3) is 0 Å². The maximum atomic E-state index is 13.9. The van der Waals surface area contributed by atoms with Crippen LogP contribution in [0.5, 0.6) is 5.75 Å². The third-order valence-electron chi connectivity index (χ3n) is 6.22. The van der Waals surface area contributed by atoms with Gasteiger partial charge in [0.25, 0.3) is 10.0 Å². The molecule has 0 aromatic heterocycles. The molecule has 0 aliphatic carbocycles. The Kier molecular flexibility index (Phi) is 10.8. The van der Waals surface area contributed by atoms with Crippen molar-refractivity contribution in [3.8, 4) is 5.75 Å². The lowest BCUT2D eigenvalue weighted by Crippen LogP contribution is -2.51. The minimum atomic E-state index is -4.19. The fourth-order valence-electron chi connectivity index (χ4n) is 3.93. The minimum Gasteiger partial charge on any atom is -0.497 e. The van der Waals surface area contributed by atoms with Gasteiger partial charge in [-0.25, -0.2) is 8.42 Å². The number of halogens is 1. The highest BCUT2D eigenvalue weighted by Gasteiger charge is 2.32. The lowest BCUT2D eigenvalue weighted by molar-refractivity contribution is -0.139. The van der Waals surface area contributed by atoms with Gasteiger partial charge in [-0.3, -0.25) is 13.9 Å². The maximum Gasteiger partial charge on any atom is 0.264 e. The molecule has 3 rings (SSSR count). The Bertz CT molecular complexity index is 1350. The first kappa shape index (κ1) is 30.0. The number of hydrogen-bond acceptors (Lipinski definition) is 5. The second-order valence-corrected chi connectivity index (χ2v) is 11.3. The van der Waals surface area contributed by atoms with E-state index in [1.54, 1.807) is 25.1 Å². The number of unbranched alkanes of at least 4 members (excludes halogenated alkanes) is 1. The van der Waals surface area contributed by atoms with Crippen LogP contribution >= 0.6 is 11.6 Å². The molecule has 8 nitrogen and oxygen atoms in total. The van der Waals surface area contributed by atoms with E-state index in [0.717, 1.165) is 22.7 Å². The maximum absolute atomic E-state index is 13.9. The Hall–Kier alpha value is -3.56. The molecular weight excluding hydrogens is 538 g/mol. The van der Waals surface area contributed by atoms with E-state index in [0.29, 0.717) is 17.3 Å². The van der Waals surface area contributed by atoms with Crippen molar-refractivity contribution in [2.75, 3.05) is 24.5 Å². The van der Waals surface area contributed by atoms with Crippen molar-refractivity contribution in [1.29, 1.82) is 0 Å². The molecule has 0 radical (unpaired) electrons. The van der Waals surface area contributed by atoms with Crippen molar-refractivity contribution in [3.05, 3.63) is 89.4 Å². The van der Waals surface area contributed by atoms with E-state index in [-0.39, 0.29) is 23.0 Å². The highest BCUT2D eigenvalue weighted by molar-refractivity contribution is 7.92. The number of amides is 2. The monoisotopic (exact) mass is 571 g/mol. The molecule has 1 N–H and O–H groups in total. The van der Waals surface area contributed by atoms with Gasteiger partial charge in [0.15, 0.2) is 0 Å². The molecule has 3 aromatic rings. The van der Waals surface area contributed by atoms with E-state index < -0.39 is 28.5 Å². The van der Waals surface area contributed by atoms with E-state index in [1.165, 1.54) is 42.3 Å². The van der Waals surface area contributed by atoms with Crippen molar-refractivity contribution in [2.45, 2.75) is 44.2 Å². The zero-order valence-corrected chi connectivity index (χ0v) is 23.9. The van der Waals surface area contributed by atoms with Crippen LogP contribution in [0.15, 0.2) is 83.8 Å². The summed E-state index contributed by atoms with van der Waals surface area (Å²) in [4.78, 5) is 28.2. The third-order valence-corrected chi connectivity index (χ3v) is 8.24. The molecule has 0 aliphatic rings. The highest BCUT2D eigenvalue weighted by atomic mass is 35.5. The molecule has 3 aromatic carbocycles. The van der Waals surface area contributed by atoms with Gasteiger partial charge in [-0.15, -0.1) is 0 Å². The van der Waals surface area contributed by atoms with Crippen molar-refractivity contribution < 1.29 is 22.7 Å². The van der Waals surface area contributed by atoms with E-state index in [1.807, 2.05) is 37.3 Å². The molecule has 10 heteroatoms. The zero-order valence-electron chi connectivity index (χ0n) is 22.3. The van der Waals surface area contributed by atoms with Gasteiger partial charge in [0.2, 0.25) is 11.8 Å². The van der Waals surface area contributed by atoms with Gasteiger partial charge < -0.3 is 15.0 Å². The minimum absolute atomic E-state index is 0.0176. The molecule has 0 saturated heterocycles. The molecule has 0 fully saturated rings. The van der Waals surface area contributed by atoms with Crippen molar-refractivity contribution >= 4 is 39.1 Å². The fraction of sp³-hybridized carbons (Fsp3) is 0.310. The van der Waals surface area contributed by atoms with Crippen LogP contribution in [0, 0.1) is 0 Å². The van der Waals surface area contributed by atoms with Crippen molar-refractivity contribution in [1.82, 2.24) is 10.2 Å². The summed E-state index contributed by atoms with van der Waals surface area (Å²) in [7, 11) is -2.70. The smallest absolute Gasteiger partial charge is 0.264 e. The van der Waals surface area contributed by atoms with Gasteiger partial charge in [0.05, 0.1) is 17.7 Å². The van der Waals surface area contributed by atoms with Crippen LogP contribution in [0.3, 0.4) is 0 Å². The Morgan fingerprint density at radius 3 is 2.31 bits per heavy atom. The molecular formula is C29H34ClN3O5S. The van der Waals surface area contributed by atoms with Crippen LogP contribution in [0.4, 0.5) is 5.69 Å². The van der Waals surface area contributed by atoms with Crippen molar-refractivity contribution in [2.24, 2.45) is 0 Å². The number of nitrogens with zero attached hydrogens (tertiary/aromatic N) is 2. The standard InChI is InChI=1S/C29H34ClN3O5S/c1-4-5-18-31-29(35)22(2)32(20-23-10-7-6-8-11-23)28(34)21-33(25-13-9-12-24(30)19-25)39(36,37)27-16-14-26(38-3)15-17-27/h6-17,19,22H,4-5,18,20-21H2,1-3H3,(H,31,35)/t22-/m1/s1. The first-order valence-electron chi connectivity index (χ1n) is 12.7. The lowest BCUT2D eigenvalue weighted by atomic mass is 10.1. The quantitative estimate of drug-likeness (QED) is 0.295. The summed E-state index contributed by atoms with van der Waals surface area (Å²) < 4.78 is 33.8. The molecule has 0 bridgehead atoms. The fourth-order valence-corrected chi connectivity index (χ4v) is 5.52. The summed E-state index contributed by atoms with van der Waals surface area (Å²) in [5, 5.41) is 3.19. The molecule has 0 heterocycles. The number of ether oxygens (including phenoxy) is 1. The summed E-state index contributed by atoms with van der Waals surface area (Å²) in [6, 6.07) is 20.6. The van der Waals surface area contributed by atoms with E-state index >= 15 is 0 Å². The van der Waals surface area contributed by atoms with Crippen molar-refractivity contribution in [3.63, 3.8) is 0 Å². The number of rotatable bonds is 13. The van der Waals surface area contributed by atoms with Gasteiger partial charge in [-0.1, -0.05) is 61.3 Å². The molecule has 0 saturated carbocycles. The average Bonchev–Trinajstić information content (AvgIpc) is 2.94. The van der Waals surface area contributed by atoms with Gasteiger partial charge in [-0.05, 0) is 61.4 Å². The summed E-state index contributed by atoms with van der Waals surface area (Å²) in [5.74, 6) is -0.342. The number of sulfonamides is 1. The van der Waals surface area contributed by atoms with Crippen LogP contribution in [0.1, 0.15) is 32.3 Å². The predicted octanol–water partition coefficient (Wildman–Crippen LogP) is 4.88. The number of methoxy groups -OCH3 is 1.